The molecule has 0 saturated carbocycles. The quantitative estimate of drug-likeness (QED) is 0.673. The number of H-pyrrole nitrogens is 1. The SMILES string of the molecule is Cc1[nH]nc(C(=O)Nc2cncnc2)c1N. The van der Waals surface area contributed by atoms with Crippen LogP contribution in [0.3, 0.4) is 0 Å². The normalized spacial score (nSPS) is 10.1. The Morgan fingerprint density at radius 3 is 2.69 bits per heavy atom. The van der Waals surface area contributed by atoms with Crippen LogP contribution in [0.5, 0.6) is 0 Å². The highest BCUT2D eigenvalue weighted by Gasteiger charge is 2.15. The van der Waals surface area contributed by atoms with Gasteiger partial charge in [-0.15, -0.1) is 0 Å². The second-order valence-corrected chi connectivity index (χ2v) is 3.19. The van der Waals surface area contributed by atoms with E-state index in [4.69, 9.17) is 5.73 Å². The second kappa shape index (κ2) is 3.97. The van der Waals surface area contributed by atoms with Crippen molar-refractivity contribution in [2.75, 3.05) is 11.1 Å². The van der Waals surface area contributed by atoms with Crippen LogP contribution in [0.25, 0.3) is 0 Å². The first-order valence-electron chi connectivity index (χ1n) is 4.55. The molecule has 0 atom stereocenters. The van der Waals surface area contributed by atoms with Gasteiger partial charge in [0.2, 0.25) is 0 Å². The van der Waals surface area contributed by atoms with E-state index >= 15 is 0 Å². The molecule has 7 nitrogen and oxygen atoms in total. The van der Waals surface area contributed by atoms with Crippen LogP contribution < -0.4 is 11.1 Å². The molecular weight excluding hydrogens is 208 g/mol. The Bertz CT molecular complexity index is 506. The first-order chi connectivity index (χ1) is 7.68. The summed E-state index contributed by atoms with van der Waals surface area (Å²) in [6, 6.07) is 0. The molecule has 0 unspecified atom stereocenters. The lowest BCUT2D eigenvalue weighted by Crippen LogP contribution is -2.14. The van der Waals surface area contributed by atoms with Crippen molar-refractivity contribution in [3.8, 4) is 0 Å². The molecule has 0 radical (unpaired) electrons. The molecular formula is C9H10N6O. The molecule has 82 valence electrons. The molecule has 1 amide bonds. The third-order valence-corrected chi connectivity index (χ3v) is 2.03. The molecule has 7 heteroatoms. The summed E-state index contributed by atoms with van der Waals surface area (Å²) in [7, 11) is 0. The highest BCUT2D eigenvalue weighted by atomic mass is 16.2. The van der Waals surface area contributed by atoms with Gasteiger partial charge in [0.1, 0.15) is 6.33 Å². The zero-order valence-electron chi connectivity index (χ0n) is 8.56. The highest BCUT2D eigenvalue weighted by Crippen LogP contribution is 2.14. The third kappa shape index (κ3) is 1.83. The Morgan fingerprint density at radius 2 is 2.12 bits per heavy atom. The van der Waals surface area contributed by atoms with Gasteiger partial charge in [-0.25, -0.2) is 9.97 Å². The van der Waals surface area contributed by atoms with Gasteiger partial charge in [-0.05, 0) is 6.92 Å². The lowest BCUT2D eigenvalue weighted by atomic mass is 10.3. The zero-order chi connectivity index (χ0) is 11.5. The highest BCUT2D eigenvalue weighted by molar-refractivity contribution is 6.06. The van der Waals surface area contributed by atoms with Gasteiger partial charge in [0.25, 0.3) is 5.91 Å². The topological polar surface area (TPSA) is 110 Å². The number of aryl methyl sites for hydroxylation is 1. The summed E-state index contributed by atoms with van der Waals surface area (Å²) >= 11 is 0. The second-order valence-electron chi connectivity index (χ2n) is 3.19. The largest absolute Gasteiger partial charge is 0.395 e. The number of hydrogen-bond acceptors (Lipinski definition) is 5. The number of nitrogens with zero attached hydrogens (tertiary/aromatic N) is 3. The zero-order valence-corrected chi connectivity index (χ0v) is 8.56. The Morgan fingerprint density at radius 1 is 1.44 bits per heavy atom. The van der Waals surface area contributed by atoms with Crippen LogP contribution in [0.4, 0.5) is 11.4 Å². The molecule has 0 aliphatic carbocycles. The van der Waals surface area contributed by atoms with Crippen molar-refractivity contribution in [1.82, 2.24) is 20.2 Å². The molecule has 0 aliphatic heterocycles. The van der Waals surface area contributed by atoms with Crippen molar-refractivity contribution in [3.05, 3.63) is 30.1 Å². The molecule has 0 fully saturated rings. The molecule has 0 aromatic carbocycles. The van der Waals surface area contributed by atoms with E-state index in [-0.39, 0.29) is 5.69 Å². The number of nitrogens with one attached hydrogen (secondary N) is 2. The number of aromatic amines is 1. The molecule has 0 bridgehead atoms. The van der Waals surface area contributed by atoms with Crippen molar-refractivity contribution >= 4 is 17.3 Å². The van der Waals surface area contributed by atoms with E-state index in [1.165, 1.54) is 18.7 Å². The molecule has 16 heavy (non-hydrogen) atoms. The van der Waals surface area contributed by atoms with Crippen LogP contribution in [0.1, 0.15) is 16.2 Å². The number of anilines is 2. The first kappa shape index (κ1) is 10.1. The summed E-state index contributed by atoms with van der Waals surface area (Å²) in [4.78, 5) is 19.3. The predicted molar refractivity (Wildman–Crippen MR) is 57.7 cm³/mol. The van der Waals surface area contributed by atoms with Crippen molar-refractivity contribution in [1.29, 1.82) is 0 Å². The maximum atomic E-state index is 11.7. The van der Waals surface area contributed by atoms with Crippen LogP contribution in [0, 0.1) is 6.92 Å². The minimum absolute atomic E-state index is 0.168. The van der Waals surface area contributed by atoms with E-state index in [0.717, 1.165) is 0 Å². The van der Waals surface area contributed by atoms with Crippen LogP contribution in [0.2, 0.25) is 0 Å². The van der Waals surface area contributed by atoms with Gasteiger partial charge in [0.15, 0.2) is 5.69 Å². The van der Waals surface area contributed by atoms with Crippen molar-refractivity contribution in [2.45, 2.75) is 6.92 Å². The fourth-order valence-corrected chi connectivity index (χ4v) is 1.16. The Labute approximate surface area is 91.1 Å². The Balaban J connectivity index is 2.18. The maximum absolute atomic E-state index is 11.7. The molecule has 2 aromatic rings. The van der Waals surface area contributed by atoms with Gasteiger partial charge in [-0.2, -0.15) is 5.10 Å². The summed E-state index contributed by atoms with van der Waals surface area (Å²) in [5, 5.41) is 9.03. The molecule has 0 saturated heterocycles. The first-order valence-corrected chi connectivity index (χ1v) is 4.55. The van der Waals surface area contributed by atoms with E-state index in [1.807, 2.05) is 0 Å². The van der Waals surface area contributed by atoms with Gasteiger partial charge >= 0.3 is 0 Å². The monoisotopic (exact) mass is 218 g/mol. The number of nitrogen functional groups attached to an aromatic ring is 1. The lowest BCUT2D eigenvalue weighted by molar-refractivity contribution is 0.102. The summed E-state index contributed by atoms with van der Waals surface area (Å²) in [6.07, 6.45) is 4.35. The van der Waals surface area contributed by atoms with Crippen LogP contribution >= 0.6 is 0 Å². The van der Waals surface area contributed by atoms with Crippen molar-refractivity contribution < 1.29 is 4.79 Å². The van der Waals surface area contributed by atoms with Crippen molar-refractivity contribution in [3.63, 3.8) is 0 Å². The summed E-state index contributed by atoms with van der Waals surface area (Å²) in [5.41, 5.74) is 7.34. The number of hydrogen-bond donors (Lipinski definition) is 3. The third-order valence-electron chi connectivity index (χ3n) is 2.03. The molecule has 0 aliphatic rings. The fraction of sp³-hybridized carbons (Fsp3) is 0.111. The molecule has 4 N–H and O–H groups in total. The smallest absolute Gasteiger partial charge is 0.278 e. The number of rotatable bonds is 2. The molecule has 2 aromatic heterocycles. The summed E-state index contributed by atoms with van der Waals surface area (Å²) in [5.74, 6) is -0.392. The summed E-state index contributed by atoms with van der Waals surface area (Å²) in [6.45, 7) is 1.74. The Hall–Kier alpha value is -2.44. The van der Waals surface area contributed by atoms with E-state index in [2.05, 4.69) is 25.5 Å². The van der Waals surface area contributed by atoms with E-state index < -0.39 is 5.91 Å². The number of amides is 1. The molecule has 2 rings (SSSR count). The van der Waals surface area contributed by atoms with Crippen LogP contribution in [0.15, 0.2) is 18.7 Å². The number of carbonyl (C=O) groups excluding carboxylic acids is 1. The minimum atomic E-state index is -0.392. The van der Waals surface area contributed by atoms with E-state index in [1.54, 1.807) is 6.92 Å². The molecule has 2 heterocycles. The van der Waals surface area contributed by atoms with E-state index in [9.17, 15) is 4.79 Å². The molecule has 0 spiro atoms. The average molecular weight is 218 g/mol. The predicted octanol–water partition coefficient (Wildman–Crippen LogP) is 0.343. The maximum Gasteiger partial charge on any atom is 0.278 e. The minimum Gasteiger partial charge on any atom is -0.395 e. The van der Waals surface area contributed by atoms with E-state index in [0.29, 0.717) is 17.1 Å². The summed E-state index contributed by atoms with van der Waals surface area (Å²) < 4.78 is 0. The van der Waals surface area contributed by atoms with Gasteiger partial charge in [0, 0.05) is 0 Å². The van der Waals surface area contributed by atoms with Gasteiger partial charge < -0.3 is 11.1 Å². The van der Waals surface area contributed by atoms with Gasteiger partial charge in [0.05, 0.1) is 29.5 Å². The van der Waals surface area contributed by atoms with Crippen molar-refractivity contribution in [2.24, 2.45) is 0 Å². The van der Waals surface area contributed by atoms with Crippen LogP contribution in [-0.2, 0) is 0 Å². The average Bonchev–Trinajstić information content (AvgIpc) is 2.61. The van der Waals surface area contributed by atoms with Gasteiger partial charge in [-0.1, -0.05) is 0 Å². The number of carbonyl (C=O) groups is 1. The fourth-order valence-electron chi connectivity index (χ4n) is 1.16. The Kier molecular flexibility index (Phi) is 2.50. The number of nitrogens with two attached hydrogens (primary N) is 1. The van der Waals surface area contributed by atoms with Crippen LogP contribution in [-0.4, -0.2) is 26.1 Å². The lowest BCUT2D eigenvalue weighted by Gasteiger charge is -2.01. The van der Waals surface area contributed by atoms with Gasteiger partial charge in [-0.3, -0.25) is 9.89 Å². The standard InChI is InChI=1S/C9H10N6O/c1-5-7(10)8(15-14-5)9(16)13-6-2-11-4-12-3-6/h2-4H,10H2,1H3,(H,13,16)(H,14,15). The number of aromatic nitrogens is 4.